The van der Waals surface area contributed by atoms with E-state index in [9.17, 15) is 4.79 Å². The summed E-state index contributed by atoms with van der Waals surface area (Å²) in [5, 5.41) is 8.89. The topological polar surface area (TPSA) is 57.0 Å². The lowest BCUT2D eigenvalue weighted by Gasteiger charge is -2.31. The second-order valence-corrected chi connectivity index (χ2v) is 4.55. The predicted octanol–water partition coefficient (Wildman–Crippen LogP) is 1.82. The first-order chi connectivity index (χ1) is 7.38. The maximum absolute atomic E-state index is 12.1. The summed E-state index contributed by atoms with van der Waals surface area (Å²) in [4.78, 5) is 17.6. The van der Waals surface area contributed by atoms with Crippen LogP contribution in [0, 0.1) is 11.3 Å². The van der Waals surface area contributed by atoms with E-state index in [0.717, 1.165) is 0 Å². The number of pyridine rings is 1. The van der Waals surface area contributed by atoms with Gasteiger partial charge in [0.2, 0.25) is 0 Å². The second-order valence-electron chi connectivity index (χ2n) is 4.55. The average molecular weight is 217 g/mol. The largest absolute Gasteiger partial charge is 0.335 e. The highest BCUT2D eigenvalue weighted by atomic mass is 16.2. The third-order valence-electron chi connectivity index (χ3n) is 2.44. The molecule has 1 heterocycles. The van der Waals surface area contributed by atoms with Gasteiger partial charge in [0.15, 0.2) is 0 Å². The van der Waals surface area contributed by atoms with Gasteiger partial charge in [0.1, 0.15) is 11.8 Å². The monoisotopic (exact) mass is 217 g/mol. The number of carbonyl (C=O) groups excluding carboxylic acids is 1. The Morgan fingerprint density at radius 3 is 2.62 bits per heavy atom. The van der Waals surface area contributed by atoms with Gasteiger partial charge >= 0.3 is 0 Å². The van der Waals surface area contributed by atoms with Crippen molar-refractivity contribution in [2.24, 2.45) is 0 Å². The lowest BCUT2D eigenvalue weighted by Crippen LogP contribution is -2.43. The van der Waals surface area contributed by atoms with Gasteiger partial charge in [-0.1, -0.05) is 0 Å². The first kappa shape index (κ1) is 12.2. The van der Waals surface area contributed by atoms with Crippen LogP contribution in [0.2, 0.25) is 0 Å². The van der Waals surface area contributed by atoms with Gasteiger partial charge in [-0.25, -0.2) is 4.98 Å². The lowest BCUT2D eigenvalue weighted by atomic mass is 10.1. The third kappa shape index (κ3) is 2.37. The Morgan fingerprint density at radius 2 is 2.12 bits per heavy atom. The van der Waals surface area contributed by atoms with E-state index in [1.165, 1.54) is 6.20 Å². The Hall–Kier alpha value is -1.89. The molecule has 4 heteroatoms. The molecule has 0 saturated carbocycles. The first-order valence-corrected chi connectivity index (χ1v) is 5.01. The van der Waals surface area contributed by atoms with Gasteiger partial charge in [-0.3, -0.25) is 4.79 Å². The summed E-state index contributed by atoms with van der Waals surface area (Å²) < 4.78 is 0. The van der Waals surface area contributed by atoms with Crippen LogP contribution in [0.1, 0.15) is 36.8 Å². The highest BCUT2D eigenvalue weighted by Gasteiger charge is 2.25. The minimum Gasteiger partial charge on any atom is -0.335 e. The quantitative estimate of drug-likeness (QED) is 0.721. The van der Waals surface area contributed by atoms with E-state index in [-0.39, 0.29) is 17.1 Å². The van der Waals surface area contributed by atoms with Crippen LogP contribution in [-0.2, 0) is 0 Å². The summed E-state index contributed by atoms with van der Waals surface area (Å²) in [6, 6.07) is 5.21. The maximum atomic E-state index is 12.1. The van der Waals surface area contributed by atoms with Gasteiger partial charge in [-0.15, -0.1) is 0 Å². The lowest BCUT2D eigenvalue weighted by molar-refractivity contribution is 0.0649. The summed E-state index contributed by atoms with van der Waals surface area (Å²) in [7, 11) is 1.71. The summed E-state index contributed by atoms with van der Waals surface area (Å²) in [5.41, 5.74) is 0.229. The Balaban J connectivity index is 3.12. The molecule has 0 atom stereocenters. The SMILES string of the molecule is CN(C(=O)c1ncccc1C#N)C(C)(C)C. The third-order valence-corrected chi connectivity index (χ3v) is 2.44. The fraction of sp³-hybridized carbons (Fsp3) is 0.417. The minimum atomic E-state index is -0.290. The Kier molecular flexibility index (Phi) is 3.28. The van der Waals surface area contributed by atoms with Gasteiger partial charge in [0.05, 0.1) is 5.56 Å². The molecule has 0 radical (unpaired) electrons. The summed E-state index contributed by atoms with van der Waals surface area (Å²) in [5.74, 6) is -0.232. The van der Waals surface area contributed by atoms with Crippen molar-refractivity contribution >= 4 is 5.91 Å². The molecule has 84 valence electrons. The fourth-order valence-electron chi connectivity index (χ4n) is 1.13. The highest BCUT2D eigenvalue weighted by molar-refractivity contribution is 5.94. The van der Waals surface area contributed by atoms with E-state index >= 15 is 0 Å². The van der Waals surface area contributed by atoms with Crippen molar-refractivity contribution in [3.8, 4) is 6.07 Å². The maximum Gasteiger partial charge on any atom is 0.273 e. The van der Waals surface area contributed by atoms with Gasteiger partial charge in [0, 0.05) is 18.8 Å². The molecule has 1 rings (SSSR count). The molecule has 0 aromatic carbocycles. The standard InChI is InChI=1S/C12H15N3O/c1-12(2,3)15(4)11(16)10-9(8-13)6-5-7-14-10/h5-7H,1-4H3. The van der Waals surface area contributed by atoms with E-state index in [2.05, 4.69) is 4.98 Å². The normalized spacial score (nSPS) is 10.7. The molecule has 0 aliphatic heterocycles. The zero-order chi connectivity index (χ0) is 12.3. The molecule has 0 aliphatic carbocycles. The number of rotatable bonds is 1. The fourth-order valence-corrected chi connectivity index (χ4v) is 1.13. The molecule has 1 amide bonds. The van der Waals surface area contributed by atoms with Gasteiger partial charge < -0.3 is 4.90 Å². The summed E-state index contributed by atoms with van der Waals surface area (Å²) >= 11 is 0. The van der Waals surface area contributed by atoms with Crippen molar-refractivity contribution in [1.29, 1.82) is 5.26 Å². The van der Waals surface area contributed by atoms with Gasteiger partial charge in [0.25, 0.3) is 5.91 Å². The van der Waals surface area contributed by atoms with Crippen molar-refractivity contribution in [3.05, 3.63) is 29.6 Å². The second kappa shape index (κ2) is 4.31. The predicted molar refractivity (Wildman–Crippen MR) is 60.8 cm³/mol. The van der Waals surface area contributed by atoms with Crippen LogP contribution < -0.4 is 0 Å². The van der Waals surface area contributed by atoms with E-state index < -0.39 is 0 Å². The summed E-state index contributed by atoms with van der Waals surface area (Å²) in [6.07, 6.45) is 1.52. The van der Waals surface area contributed by atoms with Crippen molar-refractivity contribution in [2.45, 2.75) is 26.3 Å². The molecular weight excluding hydrogens is 202 g/mol. The number of amides is 1. The number of hydrogen-bond donors (Lipinski definition) is 0. The summed E-state index contributed by atoms with van der Waals surface area (Å²) in [6.45, 7) is 5.79. The number of carbonyl (C=O) groups is 1. The van der Waals surface area contributed by atoms with Crippen LogP contribution in [0.5, 0.6) is 0 Å². The molecule has 1 aromatic rings. The first-order valence-electron chi connectivity index (χ1n) is 5.01. The molecule has 1 aromatic heterocycles. The highest BCUT2D eigenvalue weighted by Crippen LogP contribution is 2.15. The molecular formula is C12H15N3O. The Bertz CT molecular complexity index is 440. The molecule has 0 saturated heterocycles. The van der Waals surface area contributed by atoms with Crippen molar-refractivity contribution in [3.63, 3.8) is 0 Å². The van der Waals surface area contributed by atoms with E-state index in [1.807, 2.05) is 26.8 Å². The number of aromatic nitrogens is 1. The van der Waals surface area contributed by atoms with Crippen LogP contribution in [0.3, 0.4) is 0 Å². The number of hydrogen-bond acceptors (Lipinski definition) is 3. The van der Waals surface area contributed by atoms with Gasteiger partial charge in [-0.05, 0) is 32.9 Å². The molecule has 0 aliphatic rings. The van der Waals surface area contributed by atoms with E-state index in [1.54, 1.807) is 24.1 Å². The molecule has 0 spiro atoms. The Morgan fingerprint density at radius 1 is 1.50 bits per heavy atom. The number of nitrogens with zero attached hydrogens (tertiary/aromatic N) is 3. The van der Waals surface area contributed by atoms with Crippen LogP contribution in [0.4, 0.5) is 0 Å². The van der Waals surface area contributed by atoms with E-state index in [0.29, 0.717) is 5.56 Å². The van der Waals surface area contributed by atoms with Crippen molar-refractivity contribution in [2.75, 3.05) is 7.05 Å². The smallest absolute Gasteiger partial charge is 0.273 e. The minimum absolute atomic E-state index is 0.211. The van der Waals surface area contributed by atoms with Crippen LogP contribution in [0.25, 0.3) is 0 Å². The number of nitriles is 1. The van der Waals surface area contributed by atoms with Crippen molar-refractivity contribution in [1.82, 2.24) is 9.88 Å². The molecule has 0 fully saturated rings. The Labute approximate surface area is 95.5 Å². The molecule has 0 unspecified atom stereocenters. The van der Waals surface area contributed by atoms with Crippen molar-refractivity contribution < 1.29 is 4.79 Å². The van der Waals surface area contributed by atoms with Crippen LogP contribution >= 0.6 is 0 Å². The van der Waals surface area contributed by atoms with Gasteiger partial charge in [-0.2, -0.15) is 5.26 Å². The molecule has 0 bridgehead atoms. The zero-order valence-electron chi connectivity index (χ0n) is 9.98. The average Bonchev–Trinajstić information content (AvgIpc) is 2.25. The molecule has 4 nitrogen and oxygen atoms in total. The van der Waals surface area contributed by atoms with Crippen LogP contribution in [0.15, 0.2) is 18.3 Å². The molecule has 16 heavy (non-hydrogen) atoms. The zero-order valence-corrected chi connectivity index (χ0v) is 9.98. The van der Waals surface area contributed by atoms with E-state index in [4.69, 9.17) is 5.26 Å². The van der Waals surface area contributed by atoms with Crippen LogP contribution in [-0.4, -0.2) is 28.4 Å². The molecule has 0 N–H and O–H groups in total.